The van der Waals surface area contributed by atoms with E-state index in [1.54, 1.807) is 6.07 Å². The maximum absolute atomic E-state index is 12.7. The lowest BCUT2D eigenvalue weighted by molar-refractivity contribution is 0.143. The van der Waals surface area contributed by atoms with E-state index in [1.807, 2.05) is 6.92 Å². The van der Waals surface area contributed by atoms with Crippen molar-refractivity contribution in [3.63, 3.8) is 0 Å². The monoisotopic (exact) mass is 167 g/mol. The number of hydrogen-bond donors (Lipinski definition) is 2. The first kappa shape index (κ1) is 7.71. The van der Waals surface area contributed by atoms with Gasteiger partial charge in [0.05, 0.1) is 0 Å². The SMILES string of the molecule is C[C@@H]1NC(O)c2cc(F)ccc21. The van der Waals surface area contributed by atoms with E-state index in [1.165, 1.54) is 12.1 Å². The van der Waals surface area contributed by atoms with E-state index in [0.29, 0.717) is 5.56 Å². The Morgan fingerprint density at radius 3 is 2.92 bits per heavy atom. The van der Waals surface area contributed by atoms with Crippen molar-refractivity contribution in [2.75, 3.05) is 0 Å². The Morgan fingerprint density at radius 2 is 2.17 bits per heavy atom. The minimum absolute atomic E-state index is 0.107. The molecule has 3 heteroatoms. The van der Waals surface area contributed by atoms with Crippen LogP contribution in [0.1, 0.15) is 30.3 Å². The third-order valence-corrected chi connectivity index (χ3v) is 2.22. The number of rotatable bonds is 0. The molecule has 2 rings (SSSR count). The molecule has 64 valence electrons. The van der Waals surface area contributed by atoms with Gasteiger partial charge in [0.15, 0.2) is 0 Å². The molecule has 1 aromatic carbocycles. The topological polar surface area (TPSA) is 32.3 Å². The summed E-state index contributed by atoms with van der Waals surface area (Å²) in [6.45, 7) is 1.94. The van der Waals surface area contributed by atoms with Crippen molar-refractivity contribution in [2.45, 2.75) is 19.2 Å². The highest BCUT2D eigenvalue weighted by molar-refractivity contribution is 5.35. The second-order valence-corrected chi connectivity index (χ2v) is 3.06. The zero-order chi connectivity index (χ0) is 8.72. The zero-order valence-corrected chi connectivity index (χ0v) is 6.71. The van der Waals surface area contributed by atoms with Gasteiger partial charge in [-0.3, -0.25) is 5.32 Å². The summed E-state index contributed by atoms with van der Waals surface area (Å²) in [5, 5.41) is 12.3. The molecule has 2 N–H and O–H groups in total. The number of aliphatic hydroxyl groups excluding tert-OH is 1. The first-order chi connectivity index (χ1) is 5.68. The minimum Gasteiger partial charge on any atom is -0.374 e. The summed E-state index contributed by atoms with van der Waals surface area (Å²) >= 11 is 0. The Bertz CT molecular complexity index is 313. The Balaban J connectivity index is 2.53. The molecule has 2 atom stereocenters. The van der Waals surface area contributed by atoms with Gasteiger partial charge < -0.3 is 5.11 Å². The molecular formula is C9H10FNO. The summed E-state index contributed by atoms with van der Waals surface area (Å²) in [5.41, 5.74) is 1.63. The number of benzene rings is 1. The van der Waals surface area contributed by atoms with Crippen LogP contribution in [0.15, 0.2) is 18.2 Å². The molecule has 0 spiro atoms. The Labute approximate surface area is 70.0 Å². The largest absolute Gasteiger partial charge is 0.374 e. The zero-order valence-electron chi connectivity index (χ0n) is 6.71. The minimum atomic E-state index is -0.717. The van der Waals surface area contributed by atoms with Gasteiger partial charge in [0.25, 0.3) is 0 Å². The molecule has 0 aromatic heterocycles. The fourth-order valence-corrected chi connectivity index (χ4v) is 1.59. The molecule has 1 aromatic rings. The van der Waals surface area contributed by atoms with Crippen molar-refractivity contribution < 1.29 is 9.50 Å². The van der Waals surface area contributed by atoms with E-state index >= 15 is 0 Å². The lowest BCUT2D eigenvalue weighted by Crippen LogP contribution is -2.14. The molecule has 12 heavy (non-hydrogen) atoms. The molecular weight excluding hydrogens is 157 g/mol. The summed E-state index contributed by atoms with van der Waals surface area (Å²) < 4.78 is 12.7. The van der Waals surface area contributed by atoms with Crippen molar-refractivity contribution >= 4 is 0 Å². The van der Waals surface area contributed by atoms with Gasteiger partial charge in [0, 0.05) is 11.6 Å². The predicted molar refractivity (Wildman–Crippen MR) is 42.9 cm³/mol. The van der Waals surface area contributed by atoms with Crippen LogP contribution in [-0.2, 0) is 0 Å². The third kappa shape index (κ3) is 1.02. The molecule has 0 amide bonds. The van der Waals surface area contributed by atoms with Gasteiger partial charge in [0.1, 0.15) is 12.0 Å². The quantitative estimate of drug-likeness (QED) is 0.613. The lowest BCUT2D eigenvalue weighted by Gasteiger charge is -2.03. The van der Waals surface area contributed by atoms with Gasteiger partial charge in [0.2, 0.25) is 0 Å². The van der Waals surface area contributed by atoms with Gasteiger partial charge in [-0.15, -0.1) is 0 Å². The number of fused-ring (bicyclic) bond motifs is 1. The maximum Gasteiger partial charge on any atom is 0.131 e. The van der Waals surface area contributed by atoms with E-state index in [2.05, 4.69) is 5.32 Å². The smallest absolute Gasteiger partial charge is 0.131 e. The Kier molecular flexibility index (Phi) is 1.63. The van der Waals surface area contributed by atoms with Crippen LogP contribution in [0.25, 0.3) is 0 Å². The molecule has 1 heterocycles. The first-order valence-electron chi connectivity index (χ1n) is 3.92. The van der Waals surface area contributed by atoms with E-state index < -0.39 is 6.23 Å². The van der Waals surface area contributed by atoms with Crippen molar-refractivity contribution in [3.05, 3.63) is 35.1 Å². The first-order valence-corrected chi connectivity index (χ1v) is 3.92. The fourth-order valence-electron chi connectivity index (χ4n) is 1.59. The van der Waals surface area contributed by atoms with E-state index in [0.717, 1.165) is 5.56 Å². The molecule has 0 saturated carbocycles. The second-order valence-electron chi connectivity index (χ2n) is 3.06. The molecule has 0 saturated heterocycles. The molecule has 0 aliphatic carbocycles. The predicted octanol–water partition coefficient (Wildman–Crippen LogP) is 1.48. The van der Waals surface area contributed by atoms with Crippen LogP contribution < -0.4 is 5.32 Å². The molecule has 0 fully saturated rings. The van der Waals surface area contributed by atoms with Gasteiger partial charge in [-0.2, -0.15) is 0 Å². The average molecular weight is 167 g/mol. The third-order valence-electron chi connectivity index (χ3n) is 2.22. The van der Waals surface area contributed by atoms with E-state index in [4.69, 9.17) is 0 Å². The lowest BCUT2D eigenvalue weighted by atomic mass is 10.1. The van der Waals surface area contributed by atoms with Gasteiger partial charge in [-0.25, -0.2) is 4.39 Å². The van der Waals surface area contributed by atoms with Crippen molar-refractivity contribution in [1.82, 2.24) is 5.32 Å². The number of nitrogens with one attached hydrogen (secondary N) is 1. The maximum atomic E-state index is 12.7. The normalized spacial score (nSPS) is 27.2. The molecule has 1 aliphatic heterocycles. The van der Waals surface area contributed by atoms with Crippen LogP contribution in [-0.4, -0.2) is 5.11 Å². The molecule has 1 unspecified atom stereocenters. The number of aliphatic hydroxyl groups is 1. The second kappa shape index (κ2) is 2.54. The fraction of sp³-hybridized carbons (Fsp3) is 0.333. The molecule has 0 bridgehead atoms. The van der Waals surface area contributed by atoms with E-state index in [9.17, 15) is 9.50 Å². The van der Waals surface area contributed by atoms with Crippen LogP contribution in [0.2, 0.25) is 0 Å². The highest BCUT2D eigenvalue weighted by atomic mass is 19.1. The molecule has 2 nitrogen and oxygen atoms in total. The van der Waals surface area contributed by atoms with Crippen LogP contribution in [0, 0.1) is 5.82 Å². The summed E-state index contributed by atoms with van der Waals surface area (Å²) in [6.07, 6.45) is -0.717. The Hall–Kier alpha value is -0.930. The number of halogens is 1. The van der Waals surface area contributed by atoms with Gasteiger partial charge in [-0.05, 0) is 24.6 Å². The summed E-state index contributed by atoms with van der Waals surface area (Å²) in [7, 11) is 0. The highest BCUT2D eigenvalue weighted by Gasteiger charge is 2.25. The van der Waals surface area contributed by atoms with Crippen LogP contribution in [0.4, 0.5) is 4.39 Å². The van der Waals surface area contributed by atoms with Crippen molar-refractivity contribution in [2.24, 2.45) is 0 Å². The van der Waals surface area contributed by atoms with Crippen molar-refractivity contribution in [1.29, 1.82) is 0 Å². The van der Waals surface area contributed by atoms with Crippen LogP contribution in [0.5, 0.6) is 0 Å². The van der Waals surface area contributed by atoms with Crippen LogP contribution in [0.3, 0.4) is 0 Å². The Morgan fingerprint density at radius 1 is 1.42 bits per heavy atom. The summed E-state index contributed by atoms with van der Waals surface area (Å²) in [5.74, 6) is -0.302. The van der Waals surface area contributed by atoms with E-state index in [-0.39, 0.29) is 11.9 Å². The number of hydrogen-bond acceptors (Lipinski definition) is 2. The van der Waals surface area contributed by atoms with Crippen molar-refractivity contribution in [3.8, 4) is 0 Å². The summed E-state index contributed by atoms with van der Waals surface area (Å²) in [4.78, 5) is 0. The molecule has 0 radical (unpaired) electrons. The highest BCUT2D eigenvalue weighted by Crippen LogP contribution is 2.31. The summed E-state index contributed by atoms with van der Waals surface area (Å²) in [6, 6.07) is 4.60. The average Bonchev–Trinajstić information content (AvgIpc) is 2.28. The standard InChI is InChI=1S/C9H10FNO/c1-5-7-3-2-6(10)4-8(7)9(12)11-5/h2-5,9,11-12H,1H3/t5-,9?/m0/s1. The van der Waals surface area contributed by atoms with Gasteiger partial charge >= 0.3 is 0 Å². The van der Waals surface area contributed by atoms with Gasteiger partial charge in [-0.1, -0.05) is 6.07 Å². The molecule has 1 aliphatic rings. The van der Waals surface area contributed by atoms with Crippen LogP contribution >= 0.6 is 0 Å².